The maximum atomic E-state index is 12.7. The minimum absolute atomic E-state index is 0.0198. The summed E-state index contributed by atoms with van der Waals surface area (Å²) >= 11 is 7.46. The molecule has 0 spiro atoms. The van der Waals surface area contributed by atoms with Crippen molar-refractivity contribution in [1.82, 2.24) is 9.97 Å². The Morgan fingerprint density at radius 3 is 2.63 bits per heavy atom. The van der Waals surface area contributed by atoms with E-state index in [-0.39, 0.29) is 15.7 Å². The minimum atomic E-state index is -4.58. The molecule has 0 radical (unpaired) electrons. The molecule has 1 aromatic rings. The molecule has 1 aliphatic rings. The zero-order chi connectivity index (χ0) is 14.3. The lowest BCUT2D eigenvalue weighted by Crippen LogP contribution is -2.43. The monoisotopic (exact) mass is 311 g/mol. The molecule has 106 valence electrons. The van der Waals surface area contributed by atoms with Crippen molar-refractivity contribution in [3.8, 4) is 0 Å². The largest absolute Gasteiger partial charge is 0.451 e. The predicted molar refractivity (Wildman–Crippen MR) is 70.8 cm³/mol. The van der Waals surface area contributed by atoms with Gasteiger partial charge in [-0.2, -0.15) is 24.9 Å². The van der Waals surface area contributed by atoms with E-state index in [9.17, 15) is 13.2 Å². The van der Waals surface area contributed by atoms with Crippen molar-refractivity contribution in [2.75, 3.05) is 23.7 Å². The lowest BCUT2D eigenvalue weighted by Gasteiger charge is -2.38. The van der Waals surface area contributed by atoms with Crippen LogP contribution >= 0.6 is 23.4 Å². The van der Waals surface area contributed by atoms with Crippen LogP contribution in [0.5, 0.6) is 0 Å². The molecule has 3 nitrogen and oxygen atoms in total. The molecule has 0 atom stereocenters. The van der Waals surface area contributed by atoms with E-state index in [0.717, 1.165) is 5.75 Å². The Morgan fingerprint density at radius 2 is 2.05 bits per heavy atom. The van der Waals surface area contributed by atoms with Crippen molar-refractivity contribution in [3.05, 3.63) is 17.0 Å². The molecule has 19 heavy (non-hydrogen) atoms. The molecule has 0 N–H and O–H groups in total. The second-order valence-corrected chi connectivity index (χ2v) is 7.09. The summed E-state index contributed by atoms with van der Waals surface area (Å²) in [6, 6.07) is 1.38. The molecule has 1 saturated heterocycles. The van der Waals surface area contributed by atoms with Crippen LogP contribution in [0.25, 0.3) is 0 Å². The van der Waals surface area contributed by atoms with Gasteiger partial charge in [-0.25, -0.2) is 9.97 Å². The van der Waals surface area contributed by atoms with Crippen LogP contribution in [0.15, 0.2) is 6.07 Å². The van der Waals surface area contributed by atoms with Gasteiger partial charge in [-0.05, 0) is 13.8 Å². The van der Waals surface area contributed by atoms with Crippen molar-refractivity contribution in [2.45, 2.75) is 24.8 Å². The van der Waals surface area contributed by atoms with Gasteiger partial charge < -0.3 is 4.90 Å². The van der Waals surface area contributed by atoms with Crippen LogP contribution in [-0.2, 0) is 6.18 Å². The number of alkyl halides is 3. The van der Waals surface area contributed by atoms with Crippen molar-refractivity contribution >= 4 is 29.2 Å². The van der Waals surface area contributed by atoms with Gasteiger partial charge in [0.25, 0.3) is 0 Å². The molecule has 1 aliphatic heterocycles. The van der Waals surface area contributed by atoms with E-state index in [1.807, 2.05) is 4.90 Å². The van der Waals surface area contributed by atoms with Crippen molar-refractivity contribution < 1.29 is 13.2 Å². The van der Waals surface area contributed by atoms with Gasteiger partial charge in [0.05, 0.1) is 0 Å². The molecule has 2 heterocycles. The van der Waals surface area contributed by atoms with E-state index in [4.69, 9.17) is 11.6 Å². The standard InChI is InChI=1S/C11H13ClF3N3S/c1-10(2)6-18(3-4-19-10)8-5-7(12)16-9(17-8)11(13,14)15/h5H,3-4,6H2,1-2H3. The minimum Gasteiger partial charge on any atom is -0.354 e. The van der Waals surface area contributed by atoms with Gasteiger partial charge >= 0.3 is 6.18 Å². The van der Waals surface area contributed by atoms with Gasteiger partial charge in [0.1, 0.15) is 11.0 Å². The highest BCUT2D eigenvalue weighted by Crippen LogP contribution is 2.34. The van der Waals surface area contributed by atoms with Crippen molar-refractivity contribution in [2.24, 2.45) is 0 Å². The molecule has 0 saturated carbocycles. The molecule has 0 amide bonds. The Kier molecular flexibility index (Phi) is 3.88. The fraction of sp³-hybridized carbons (Fsp3) is 0.636. The summed E-state index contributed by atoms with van der Waals surface area (Å²) in [5, 5.41) is -0.187. The zero-order valence-electron chi connectivity index (χ0n) is 10.5. The molecular formula is C11H13ClF3N3S. The first kappa shape index (κ1) is 14.7. The Labute approximate surface area is 118 Å². The summed E-state index contributed by atoms with van der Waals surface area (Å²) in [7, 11) is 0. The Bertz CT molecular complexity index is 479. The maximum Gasteiger partial charge on any atom is 0.451 e. The Morgan fingerprint density at radius 1 is 1.37 bits per heavy atom. The Balaban J connectivity index is 2.32. The van der Waals surface area contributed by atoms with Gasteiger partial charge in [-0.3, -0.25) is 0 Å². The number of hydrogen-bond acceptors (Lipinski definition) is 4. The van der Waals surface area contributed by atoms with Crippen molar-refractivity contribution in [3.63, 3.8) is 0 Å². The summed E-state index contributed by atoms with van der Waals surface area (Å²) in [6.45, 7) is 5.38. The molecule has 0 unspecified atom stereocenters. The molecule has 1 aromatic heterocycles. The fourth-order valence-corrected chi connectivity index (χ4v) is 3.20. The molecule has 0 bridgehead atoms. The topological polar surface area (TPSA) is 29.0 Å². The third kappa shape index (κ3) is 3.66. The SMILES string of the molecule is CC1(C)CN(c2cc(Cl)nc(C(F)(F)F)n2)CCS1. The highest BCUT2D eigenvalue weighted by Gasteiger charge is 2.36. The predicted octanol–water partition coefficient (Wildman–Crippen LogP) is 3.48. The van der Waals surface area contributed by atoms with Gasteiger partial charge in [-0.1, -0.05) is 11.6 Å². The van der Waals surface area contributed by atoms with Crippen LogP contribution in [0, 0.1) is 0 Å². The van der Waals surface area contributed by atoms with Crippen LogP contribution < -0.4 is 4.90 Å². The van der Waals surface area contributed by atoms with Gasteiger partial charge in [0, 0.05) is 29.7 Å². The number of hydrogen-bond donors (Lipinski definition) is 0. The maximum absolute atomic E-state index is 12.7. The molecule has 8 heteroatoms. The molecule has 1 fully saturated rings. The second kappa shape index (κ2) is 5.01. The average Bonchev–Trinajstić information content (AvgIpc) is 2.25. The van der Waals surface area contributed by atoms with E-state index in [1.54, 1.807) is 11.8 Å². The quantitative estimate of drug-likeness (QED) is 0.743. The molecular weight excluding hydrogens is 299 g/mol. The van der Waals surface area contributed by atoms with E-state index < -0.39 is 12.0 Å². The van der Waals surface area contributed by atoms with Crippen LogP contribution in [0.4, 0.5) is 19.0 Å². The summed E-state index contributed by atoms with van der Waals surface area (Å²) in [5.41, 5.74) is 0. The highest BCUT2D eigenvalue weighted by molar-refractivity contribution is 8.00. The molecule has 0 aliphatic carbocycles. The van der Waals surface area contributed by atoms with E-state index in [2.05, 4.69) is 23.8 Å². The van der Waals surface area contributed by atoms with E-state index >= 15 is 0 Å². The third-order valence-electron chi connectivity index (χ3n) is 2.68. The zero-order valence-corrected chi connectivity index (χ0v) is 12.0. The lowest BCUT2D eigenvalue weighted by molar-refractivity contribution is -0.144. The summed E-state index contributed by atoms with van der Waals surface area (Å²) in [6.07, 6.45) is -4.58. The number of thioether (sulfide) groups is 1. The first-order valence-electron chi connectivity index (χ1n) is 5.68. The first-order chi connectivity index (χ1) is 8.67. The normalized spacial score (nSPS) is 19.6. The number of aromatic nitrogens is 2. The molecule has 0 aromatic carbocycles. The van der Waals surface area contributed by atoms with Crippen molar-refractivity contribution in [1.29, 1.82) is 0 Å². The highest BCUT2D eigenvalue weighted by atomic mass is 35.5. The number of rotatable bonds is 1. The number of anilines is 1. The van der Waals surface area contributed by atoms with E-state index in [0.29, 0.717) is 13.1 Å². The van der Waals surface area contributed by atoms with Crippen LogP contribution in [-0.4, -0.2) is 33.6 Å². The third-order valence-corrected chi connectivity index (χ3v) is 4.18. The van der Waals surface area contributed by atoms with Crippen LogP contribution in [0.1, 0.15) is 19.7 Å². The summed E-state index contributed by atoms with van der Waals surface area (Å²) in [4.78, 5) is 8.64. The second-order valence-electron chi connectivity index (χ2n) is 4.90. The Hall–Kier alpha value is -0.690. The lowest BCUT2D eigenvalue weighted by atomic mass is 10.2. The van der Waals surface area contributed by atoms with Gasteiger partial charge in [0.2, 0.25) is 5.82 Å². The summed E-state index contributed by atoms with van der Waals surface area (Å²) in [5.74, 6) is -0.109. The van der Waals surface area contributed by atoms with Crippen LogP contribution in [0.2, 0.25) is 5.15 Å². The van der Waals surface area contributed by atoms with Gasteiger partial charge in [-0.15, -0.1) is 0 Å². The summed E-state index contributed by atoms with van der Waals surface area (Å²) < 4.78 is 38.0. The van der Waals surface area contributed by atoms with E-state index in [1.165, 1.54) is 6.07 Å². The fourth-order valence-electron chi connectivity index (χ4n) is 1.91. The van der Waals surface area contributed by atoms with Gasteiger partial charge in [0.15, 0.2) is 0 Å². The number of nitrogens with zero attached hydrogens (tertiary/aromatic N) is 3. The molecule has 2 rings (SSSR count). The average molecular weight is 312 g/mol. The smallest absolute Gasteiger partial charge is 0.354 e. The van der Waals surface area contributed by atoms with Crippen LogP contribution in [0.3, 0.4) is 0 Å². The number of halogens is 4. The first-order valence-corrected chi connectivity index (χ1v) is 7.04.